The van der Waals surface area contributed by atoms with Crippen molar-refractivity contribution in [3.8, 4) is 5.75 Å². The number of anilines is 1. The van der Waals surface area contributed by atoms with E-state index in [4.69, 9.17) is 9.94 Å². The van der Waals surface area contributed by atoms with E-state index in [1.54, 1.807) is 0 Å². The van der Waals surface area contributed by atoms with Crippen molar-refractivity contribution in [3.63, 3.8) is 0 Å². The van der Waals surface area contributed by atoms with Gasteiger partial charge in [-0.05, 0) is 12.1 Å². The molecule has 17 heavy (non-hydrogen) atoms. The number of rotatable bonds is 3. The standard InChI is InChI=1S/C11H14FNO4/c12-6-1-2-8(13-16)11(3-6)17-7-4-9(14)10(15)5-7/h1-3,7,9-10,13-16H,4-5H2. The van der Waals surface area contributed by atoms with Crippen LogP contribution in [0.2, 0.25) is 0 Å². The molecule has 1 fully saturated rings. The maximum absolute atomic E-state index is 13.0. The van der Waals surface area contributed by atoms with Crippen LogP contribution in [0.15, 0.2) is 18.2 Å². The molecule has 0 aliphatic heterocycles. The summed E-state index contributed by atoms with van der Waals surface area (Å²) in [6.07, 6.45) is -1.47. The normalized spacial score (nSPS) is 28.1. The van der Waals surface area contributed by atoms with Gasteiger partial charge in [0, 0.05) is 18.9 Å². The number of benzene rings is 1. The second-order valence-corrected chi connectivity index (χ2v) is 4.10. The summed E-state index contributed by atoms with van der Waals surface area (Å²) in [5.41, 5.74) is 2.14. The number of hydrogen-bond acceptors (Lipinski definition) is 5. The molecule has 2 rings (SSSR count). The highest BCUT2D eigenvalue weighted by Crippen LogP contribution is 2.30. The fraction of sp³-hybridized carbons (Fsp3) is 0.455. The Morgan fingerprint density at radius 3 is 2.47 bits per heavy atom. The molecular formula is C11H14FNO4. The van der Waals surface area contributed by atoms with Crippen LogP contribution < -0.4 is 10.2 Å². The van der Waals surface area contributed by atoms with Crippen LogP contribution >= 0.6 is 0 Å². The van der Waals surface area contributed by atoms with Gasteiger partial charge in [0.05, 0.1) is 12.2 Å². The van der Waals surface area contributed by atoms with E-state index < -0.39 is 24.1 Å². The van der Waals surface area contributed by atoms with Crippen molar-refractivity contribution in [2.45, 2.75) is 31.2 Å². The highest BCUT2D eigenvalue weighted by Gasteiger charge is 2.33. The van der Waals surface area contributed by atoms with E-state index >= 15 is 0 Å². The summed E-state index contributed by atoms with van der Waals surface area (Å²) >= 11 is 0. The van der Waals surface area contributed by atoms with Crippen molar-refractivity contribution in [2.24, 2.45) is 0 Å². The van der Waals surface area contributed by atoms with Crippen molar-refractivity contribution < 1.29 is 24.5 Å². The van der Waals surface area contributed by atoms with E-state index in [1.807, 2.05) is 5.48 Å². The fourth-order valence-electron chi connectivity index (χ4n) is 1.91. The van der Waals surface area contributed by atoms with E-state index in [0.29, 0.717) is 0 Å². The van der Waals surface area contributed by atoms with Crippen LogP contribution in [0.1, 0.15) is 12.8 Å². The van der Waals surface area contributed by atoms with Crippen LogP contribution in [0.5, 0.6) is 5.75 Å². The summed E-state index contributed by atoms with van der Waals surface area (Å²) in [5.74, 6) is -0.336. The second kappa shape index (κ2) is 4.87. The molecule has 94 valence electrons. The molecule has 4 N–H and O–H groups in total. The third kappa shape index (κ3) is 2.66. The molecule has 1 aliphatic rings. The molecule has 2 atom stereocenters. The average molecular weight is 243 g/mol. The van der Waals surface area contributed by atoms with Gasteiger partial charge in [-0.1, -0.05) is 0 Å². The molecule has 0 amide bonds. The minimum atomic E-state index is -0.820. The van der Waals surface area contributed by atoms with Crippen molar-refractivity contribution >= 4 is 5.69 Å². The average Bonchev–Trinajstić information content (AvgIpc) is 2.58. The Hall–Kier alpha value is -1.37. The summed E-state index contributed by atoms with van der Waals surface area (Å²) in [4.78, 5) is 0. The highest BCUT2D eigenvalue weighted by atomic mass is 19.1. The molecule has 0 saturated heterocycles. The smallest absolute Gasteiger partial charge is 0.148 e. The van der Waals surface area contributed by atoms with Gasteiger partial charge in [-0.3, -0.25) is 10.7 Å². The van der Waals surface area contributed by atoms with Gasteiger partial charge in [-0.2, -0.15) is 0 Å². The van der Waals surface area contributed by atoms with Crippen LogP contribution in [-0.2, 0) is 0 Å². The Balaban J connectivity index is 2.10. The van der Waals surface area contributed by atoms with E-state index in [-0.39, 0.29) is 24.3 Å². The van der Waals surface area contributed by atoms with Crippen LogP contribution in [0, 0.1) is 5.82 Å². The van der Waals surface area contributed by atoms with E-state index in [9.17, 15) is 14.6 Å². The lowest BCUT2D eigenvalue weighted by Gasteiger charge is -2.15. The quantitative estimate of drug-likeness (QED) is 0.593. The number of aliphatic hydroxyl groups is 2. The molecule has 0 spiro atoms. The van der Waals surface area contributed by atoms with Crippen molar-refractivity contribution in [3.05, 3.63) is 24.0 Å². The third-order valence-electron chi connectivity index (χ3n) is 2.81. The molecule has 1 saturated carbocycles. The van der Waals surface area contributed by atoms with Crippen molar-refractivity contribution in [1.82, 2.24) is 0 Å². The monoisotopic (exact) mass is 243 g/mol. The maximum Gasteiger partial charge on any atom is 0.148 e. The molecular weight excluding hydrogens is 229 g/mol. The Bertz CT molecular complexity index is 391. The summed E-state index contributed by atoms with van der Waals surface area (Å²) < 4.78 is 18.5. The second-order valence-electron chi connectivity index (χ2n) is 4.10. The minimum absolute atomic E-state index is 0.152. The molecule has 0 radical (unpaired) electrons. The van der Waals surface area contributed by atoms with Gasteiger partial charge in [0.1, 0.15) is 23.4 Å². The Labute approximate surface area is 97.4 Å². The highest BCUT2D eigenvalue weighted by molar-refractivity contribution is 5.54. The minimum Gasteiger partial charge on any atom is -0.488 e. The van der Waals surface area contributed by atoms with E-state index in [2.05, 4.69) is 0 Å². The first-order valence-electron chi connectivity index (χ1n) is 5.32. The zero-order valence-corrected chi connectivity index (χ0v) is 9.01. The number of aliphatic hydroxyl groups excluding tert-OH is 2. The van der Waals surface area contributed by atoms with Gasteiger partial charge in [0.15, 0.2) is 0 Å². The van der Waals surface area contributed by atoms with Gasteiger partial charge in [0.2, 0.25) is 0 Å². The van der Waals surface area contributed by atoms with Crippen LogP contribution in [0.4, 0.5) is 10.1 Å². The molecule has 0 aromatic heterocycles. The number of nitrogens with one attached hydrogen (secondary N) is 1. The third-order valence-corrected chi connectivity index (χ3v) is 2.81. The lowest BCUT2D eigenvalue weighted by molar-refractivity contribution is 0.0438. The molecule has 1 aromatic rings. The maximum atomic E-state index is 13.0. The summed E-state index contributed by atoms with van der Waals surface area (Å²) in [7, 11) is 0. The number of ether oxygens (including phenoxy) is 1. The first-order chi connectivity index (χ1) is 8.10. The summed E-state index contributed by atoms with van der Waals surface area (Å²) in [5, 5.41) is 27.6. The molecule has 0 heterocycles. The number of hydrogen-bond donors (Lipinski definition) is 4. The lowest BCUT2D eigenvalue weighted by Crippen LogP contribution is -2.17. The van der Waals surface area contributed by atoms with Crippen molar-refractivity contribution in [2.75, 3.05) is 5.48 Å². The molecule has 0 bridgehead atoms. The van der Waals surface area contributed by atoms with Gasteiger partial charge >= 0.3 is 0 Å². The van der Waals surface area contributed by atoms with Crippen LogP contribution in [-0.4, -0.2) is 33.7 Å². The molecule has 1 aromatic carbocycles. The van der Waals surface area contributed by atoms with Gasteiger partial charge < -0.3 is 14.9 Å². The topological polar surface area (TPSA) is 82.0 Å². The van der Waals surface area contributed by atoms with Gasteiger partial charge in [-0.25, -0.2) is 4.39 Å². The van der Waals surface area contributed by atoms with E-state index in [1.165, 1.54) is 12.1 Å². The van der Waals surface area contributed by atoms with E-state index in [0.717, 1.165) is 6.07 Å². The first-order valence-corrected chi connectivity index (χ1v) is 5.32. The lowest BCUT2D eigenvalue weighted by atomic mass is 10.2. The van der Waals surface area contributed by atoms with Gasteiger partial charge in [-0.15, -0.1) is 0 Å². The molecule has 2 unspecified atom stereocenters. The molecule has 5 nitrogen and oxygen atoms in total. The van der Waals surface area contributed by atoms with Crippen LogP contribution in [0.25, 0.3) is 0 Å². The fourth-order valence-corrected chi connectivity index (χ4v) is 1.91. The number of halogens is 1. The summed E-state index contributed by atoms with van der Waals surface area (Å²) in [6, 6.07) is 3.66. The summed E-state index contributed by atoms with van der Waals surface area (Å²) in [6.45, 7) is 0. The Kier molecular flexibility index (Phi) is 3.46. The Morgan fingerprint density at radius 2 is 1.88 bits per heavy atom. The molecule has 1 aliphatic carbocycles. The van der Waals surface area contributed by atoms with Crippen LogP contribution in [0.3, 0.4) is 0 Å². The predicted molar refractivity (Wildman–Crippen MR) is 57.5 cm³/mol. The molecule has 6 heteroatoms. The zero-order chi connectivity index (χ0) is 12.4. The Morgan fingerprint density at radius 1 is 1.24 bits per heavy atom. The zero-order valence-electron chi connectivity index (χ0n) is 9.01. The predicted octanol–water partition coefficient (Wildman–Crippen LogP) is 0.890. The van der Waals surface area contributed by atoms with Crippen molar-refractivity contribution in [1.29, 1.82) is 0 Å². The first kappa shape index (κ1) is 12.1. The van der Waals surface area contributed by atoms with Gasteiger partial charge in [0.25, 0.3) is 0 Å². The largest absolute Gasteiger partial charge is 0.488 e. The SMILES string of the molecule is ONc1ccc(F)cc1OC1CC(O)C(O)C1.